The van der Waals surface area contributed by atoms with E-state index in [9.17, 15) is 0 Å². The van der Waals surface area contributed by atoms with Crippen LogP contribution in [0.2, 0.25) is 0 Å². The van der Waals surface area contributed by atoms with Gasteiger partial charge in [-0.2, -0.15) is 0 Å². The molecule has 0 spiro atoms. The molecule has 1 aromatic carbocycles. The first-order chi connectivity index (χ1) is 7.90. The number of hydrogen-bond donors (Lipinski definition) is 0. The minimum absolute atomic E-state index is 0. The summed E-state index contributed by atoms with van der Waals surface area (Å²) < 4.78 is 0. The normalized spacial score (nSPS) is 15.7. The summed E-state index contributed by atoms with van der Waals surface area (Å²) in [6.07, 6.45) is 1.10. The van der Waals surface area contributed by atoms with Crippen LogP contribution in [0, 0.1) is 0 Å². The zero-order chi connectivity index (χ0) is 11.2. The van der Waals surface area contributed by atoms with Crippen molar-refractivity contribution in [1.29, 1.82) is 0 Å². The zero-order valence-electron chi connectivity index (χ0n) is 10.4. The van der Waals surface area contributed by atoms with Crippen LogP contribution >= 0.6 is 36.4 Å². The minimum Gasteiger partial charge on any atom is -0.369 e. The summed E-state index contributed by atoms with van der Waals surface area (Å²) in [5, 5.41) is 0. The molecule has 1 aromatic rings. The summed E-state index contributed by atoms with van der Waals surface area (Å²) in [6.45, 7) is 5.72. The van der Waals surface area contributed by atoms with Crippen LogP contribution in [0.1, 0.15) is 6.42 Å². The molecule has 1 saturated heterocycles. The van der Waals surface area contributed by atoms with Gasteiger partial charge in [-0.05, 0) is 25.1 Å². The maximum absolute atomic E-state index is 5.71. The summed E-state index contributed by atoms with van der Waals surface area (Å²) in [4.78, 5) is 4.96. The largest absolute Gasteiger partial charge is 0.369 e. The predicted molar refractivity (Wildman–Crippen MR) is 84.9 cm³/mol. The average molecular weight is 312 g/mol. The van der Waals surface area contributed by atoms with Crippen molar-refractivity contribution in [2.24, 2.45) is 0 Å². The van der Waals surface area contributed by atoms with Crippen molar-refractivity contribution in [2.45, 2.75) is 6.42 Å². The van der Waals surface area contributed by atoms with E-state index in [1.165, 1.54) is 5.69 Å². The van der Waals surface area contributed by atoms with Gasteiger partial charge in [-0.3, -0.25) is 4.90 Å². The van der Waals surface area contributed by atoms with E-state index in [2.05, 4.69) is 40.1 Å². The van der Waals surface area contributed by atoms with E-state index in [0.29, 0.717) is 0 Å². The zero-order valence-corrected chi connectivity index (χ0v) is 12.8. The molecule has 5 heteroatoms. The second kappa shape index (κ2) is 9.74. The Morgan fingerprint density at radius 2 is 1.56 bits per heavy atom. The van der Waals surface area contributed by atoms with Gasteiger partial charge in [0.05, 0.1) is 0 Å². The Bertz CT molecular complexity index is 300. The second-order valence-electron chi connectivity index (χ2n) is 4.21. The second-order valence-corrected chi connectivity index (χ2v) is 4.58. The Labute approximate surface area is 127 Å². The van der Waals surface area contributed by atoms with Crippen molar-refractivity contribution in [1.82, 2.24) is 4.90 Å². The summed E-state index contributed by atoms with van der Waals surface area (Å²) in [5.41, 5.74) is 1.35. The molecule has 0 amide bonds. The van der Waals surface area contributed by atoms with Crippen LogP contribution in [0.5, 0.6) is 0 Å². The highest BCUT2D eigenvalue weighted by molar-refractivity contribution is 6.17. The molecular weight excluding hydrogens is 291 g/mol. The minimum atomic E-state index is 0. The lowest BCUT2D eigenvalue weighted by Gasteiger charge is -2.36. The molecule has 2 nitrogen and oxygen atoms in total. The Kier molecular flexibility index (Phi) is 9.66. The molecule has 1 fully saturated rings. The number of alkyl halides is 1. The van der Waals surface area contributed by atoms with E-state index in [4.69, 9.17) is 11.6 Å². The monoisotopic (exact) mass is 310 g/mol. The SMILES string of the molecule is Cl.Cl.ClCCCN1CCN(c2ccccc2)CC1. The van der Waals surface area contributed by atoms with Gasteiger partial charge in [0, 0.05) is 37.7 Å². The van der Waals surface area contributed by atoms with Crippen LogP contribution < -0.4 is 4.90 Å². The number of nitrogens with zero attached hydrogens (tertiary/aromatic N) is 2. The molecule has 0 radical (unpaired) electrons. The maximum Gasteiger partial charge on any atom is 0.0367 e. The van der Waals surface area contributed by atoms with Crippen LogP contribution in [-0.4, -0.2) is 43.5 Å². The molecule has 1 aliphatic rings. The van der Waals surface area contributed by atoms with Gasteiger partial charge in [0.2, 0.25) is 0 Å². The Hall–Kier alpha value is -0.150. The van der Waals surface area contributed by atoms with Crippen LogP contribution in [0.25, 0.3) is 0 Å². The Balaban J connectivity index is 0.00000144. The highest BCUT2D eigenvalue weighted by Crippen LogP contribution is 2.15. The third kappa shape index (κ3) is 5.23. The van der Waals surface area contributed by atoms with Gasteiger partial charge in [-0.25, -0.2) is 0 Å². The van der Waals surface area contributed by atoms with Crippen LogP contribution in [0.4, 0.5) is 5.69 Å². The van der Waals surface area contributed by atoms with Crippen LogP contribution in [0.3, 0.4) is 0 Å². The lowest BCUT2D eigenvalue weighted by Crippen LogP contribution is -2.46. The van der Waals surface area contributed by atoms with Crippen molar-refractivity contribution >= 4 is 42.1 Å². The fraction of sp³-hybridized carbons (Fsp3) is 0.538. The maximum atomic E-state index is 5.71. The number of piperazine rings is 1. The molecule has 104 valence electrons. The van der Waals surface area contributed by atoms with Crippen molar-refractivity contribution in [3.8, 4) is 0 Å². The Morgan fingerprint density at radius 1 is 0.944 bits per heavy atom. The van der Waals surface area contributed by atoms with Crippen molar-refractivity contribution < 1.29 is 0 Å². The third-order valence-electron chi connectivity index (χ3n) is 3.10. The topological polar surface area (TPSA) is 6.48 Å². The van der Waals surface area contributed by atoms with Gasteiger partial charge in [-0.1, -0.05) is 18.2 Å². The van der Waals surface area contributed by atoms with Crippen molar-refractivity contribution in [2.75, 3.05) is 43.5 Å². The number of halogens is 3. The lowest BCUT2D eigenvalue weighted by molar-refractivity contribution is 0.259. The van der Waals surface area contributed by atoms with Gasteiger partial charge in [0.25, 0.3) is 0 Å². The first kappa shape index (κ1) is 17.8. The third-order valence-corrected chi connectivity index (χ3v) is 3.37. The van der Waals surface area contributed by atoms with E-state index >= 15 is 0 Å². The van der Waals surface area contributed by atoms with Gasteiger partial charge >= 0.3 is 0 Å². The highest BCUT2D eigenvalue weighted by atomic mass is 35.5. The smallest absolute Gasteiger partial charge is 0.0367 e. The molecule has 18 heavy (non-hydrogen) atoms. The molecule has 0 unspecified atom stereocenters. The molecule has 2 rings (SSSR count). The molecule has 0 saturated carbocycles. The van der Waals surface area contributed by atoms with Crippen molar-refractivity contribution in [3.05, 3.63) is 30.3 Å². The first-order valence-corrected chi connectivity index (χ1v) is 6.52. The number of para-hydroxylation sites is 1. The molecule has 0 atom stereocenters. The van der Waals surface area contributed by atoms with Crippen LogP contribution in [0.15, 0.2) is 30.3 Å². The van der Waals surface area contributed by atoms with E-state index in [1.54, 1.807) is 0 Å². The summed E-state index contributed by atoms with van der Waals surface area (Å²) in [7, 11) is 0. The van der Waals surface area contributed by atoms with Gasteiger partial charge in [0.15, 0.2) is 0 Å². The molecule has 1 heterocycles. The molecule has 1 aliphatic heterocycles. The standard InChI is InChI=1S/C13H19ClN2.2ClH/c14-7-4-8-15-9-11-16(12-10-15)13-5-2-1-3-6-13;;/h1-3,5-6H,4,7-12H2;2*1H. The van der Waals surface area contributed by atoms with E-state index in [-0.39, 0.29) is 24.8 Å². The summed E-state index contributed by atoms with van der Waals surface area (Å²) in [5.74, 6) is 0.777. The number of rotatable bonds is 4. The molecule has 0 aromatic heterocycles. The predicted octanol–water partition coefficient (Wildman–Crippen LogP) is 3.28. The fourth-order valence-corrected chi connectivity index (χ4v) is 2.27. The Morgan fingerprint density at radius 3 is 2.11 bits per heavy atom. The van der Waals surface area contributed by atoms with Crippen molar-refractivity contribution in [3.63, 3.8) is 0 Å². The summed E-state index contributed by atoms with van der Waals surface area (Å²) >= 11 is 5.71. The highest BCUT2D eigenvalue weighted by Gasteiger charge is 2.15. The quantitative estimate of drug-likeness (QED) is 0.787. The van der Waals surface area contributed by atoms with E-state index in [1.807, 2.05) is 0 Å². The van der Waals surface area contributed by atoms with E-state index < -0.39 is 0 Å². The average Bonchev–Trinajstić information content (AvgIpc) is 2.38. The summed E-state index contributed by atoms with van der Waals surface area (Å²) in [6, 6.07) is 10.7. The molecular formula is C13H21Cl3N2. The molecule has 0 aliphatic carbocycles. The number of hydrogen-bond acceptors (Lipinski definition) is 2. The lowest BCUT2D eigenvalue weighted by atomic mass is 10.2. The van der Waals surface area contributed by atoms with E-state index in [0.717, 1.165) is 45.0 Å². The first-order valence-electron chi connectivity index (χ1n) is 5.98. The van der Waals surface area contributed by atoms with Gasteiger partial charge < -0.3 is 4.90 Å². The fourth-order valence-electron chi connectivity index (χ4n) is 2.15. The van der Waals surface area contributed by atoms with Gasteiger partial charge in [-0.15, -0.1) is 36.4 Å². The number of benzene rings is 1. The van der Waals surface area contributed by atoms with Gasteiger partial charge in [0.1, 0.15) is 0 Å². The molecule has 0 bridgehead atoms. The number of anilines is 1. The van der Waals surface area contributed by atoms with Crippen LogP contribution in [-0.2, 0) is 0 Å². The molecule has 0 N–H and O–H groups in total.